The molecule has 1 aromatic carbocycles. The summed E-state index contributed by atoms with van der Waals surface area (Å²) in [6.45, 7) is 5.38. The number of fused-ring (bicyclic) bond motifs is 1. The van der Waals surface area contributed by atoms with E-state index >= 15 is 0 Å². The minimum atomic E-state index is -4.54. The number of imidazole rings is 1. The van der Waals surface area contributed by atoms with Crippen LogP contribution in [0.4, 0.5) is 19.0 Å². The molecule has 1 atom stereocenters. The van der Waals surface area contributed by atoms with E-state index in [1.54, 1.807) is 38.1 Å². The van der Waals surface area contributed by atoms with Gasteiger partial charge in [-0.05, 0) is 37.9 Å². The van der Waals surface area contributed by atoms with Gasteiger partial charge in [-0.25, -0.2) is 18.4 Å². The van der Waals surface area contributed by atoms with E-state index in [4.69, 9.17) is 11.6 Å². The molecule has 3 aromatic rings. The average Bonchev–Trinajstić information content (AvgIpc) is 3.30. The van der Waals surface area contributed by atoms with Gasteiger partial charge >= 0.3 is 6.18 Å². The van der Waals surface area contributed by atoms with Gasteiger partial charge in [-0.2, -0.15) is 18.2 Å². The summed E-state index contributed by atoms with van der Waals surface area (Å²) in [5.74, 6) is 0.317. The van der Waals surface area contributed by atoms with Crippen molar-refractivity contribution >= 4 is 27.3 Å². The Hall–Kier alpha value is -2.66. The fourth-order valence-corrected chi connectivity index (χ4v) is 5.50. The van der Waals surface area contributed by atoms with E-state index in [1.807, 2.05) is 6.92 Å². The number of alkyl halides is 3. The van der Waals surface area contributed by atoms with E-state index in [9.17, 15) is 21.6 Å². The Morgan fingerprint density at radius 2 is 1.76 bits per heavy atom. The average molecular weight is 500 g/mol. The zero-order chi connectivity index (χ0) is 24.1. The Bertz CT molecular complexity index is 1300. The normalized spacial score (nSPS) is 16.1. The molecule has 0 unspecified atom stereocenters. The maximum absolute atomic E-state index is 13.2. The number of nitrogens with one attached hydrogen (secondary N) is 1. The summed E-state index contributed by atoms with van der Waals surface area (Å²) in [7, 11) is -3.50. The van der Waals surface area contributed by atoms with Gasteiger partial charge in [0.2, 0.25) is 5.28 Å². The summed E-state index contributed by atoms with van der Waals surface area (Å²) < 4.78 is 65.8. The second-order valence-electron chi connectivity index (χ2n) is 8.12. The molecule has 33 heavy (non-hydrogen) atoms. The third kappa shape index (κ3) is 4.56. The van der Waals surface area contributed by atoms with Crippen molar-refractivity contribution in [3.05, 3.63) is 52.7 Å². The van der Waals surface area contributed by atoms with Crippen LogP contribution in [0.3, 0.4) is 0 Å². The highest BCUT2D eigenvalue weighted by molar-refractivity contribution is 7.91. The summed E-state index contributed by atoms with van der Waals surface area (Å²) in [4.78, 5) is 12.0. The molecule has 0 aliphatic carbocycles. The molecule has 0 saturated heterocycles. The molecule has 12 heteroatoms. The second-order valence-corrected chi connectivity index (χ2v) is 10.5. The molecule has 0 amide bonds. The number of nitrogens with zero attached hydrogens (tertiary/aromatic N) is 4. The van der Waals surface area contributed by atoms with Gasteiger partial charge in [0, 0.05) is 30.3 Å². The van der Waals surface area contributed by atoms with Gasteiger partial charge in [0.25, 0.3) is 0 Å². The third-order valence-corrected chi connectivity index (χ3v) is 7.39. The van der Waals surface area contributed by atoms with Crippen molar-refractivity contribution in [1.29, 1.82) is 0 Å². The lowest BCUT2D eigenvalue weighted by Crippen LogP contribution is -2.13. The first kappa shape index (κ1) is 23.5. The zero-order valence-electron chi connectivity index (χ0n) is 18.0. The topological polar surface area (TPSA) is 89.8 Å². The second kappa shape index (κ2) is 8.28. The predicted molar refractivity (Wildman–Crippen MR) is 118 cm³/mol. The summed E-state index contributed by atoms with van der Waals surface area (Å²) in [5, 5.41) is 3.04. The van der Waals surface area contributed by atoms with E-state index in [1.165, 1.54) is 4.57 Å². The molecule has 4 rings (SSSR count). The Balaban J connectivity index is 1.63. The Kier molecular flexibility index (Phi) is 5.90. The van der Waals surface area contributed by atoms with Crippen LogP contribution in [0.25, 0.3) is 11.4 Å². The summed E-state index contributed by atoms with van der Waals surface area (Å²) in [5.41, 5.74) is 0.752. The van der Waals surface area contributed by atoms with E-state index in [0.717, 1.165) is 11.8 Å². The van der Waals surface area contributed by atoms with Crippen LogP contribution >= 0.6 is 11.6 Å². The molecule has 2 aromatic heterocycles. The molecule has 0 saturated carbocycles. The van der Waals surface area contributed by atoms with Gasteiger partial charge in [0.15, 0.2) is 21.3 Å². The van der Waals surface area contributed by atoms with Crippen LogP contribution in [-0.2, 0) is 22.4 Å². The first-order valence-corrected chi connectivity index (χ1v) is 12.2. The van der Waals surface area contributed by atoms with Crippen molar-refractivity contribution in [2.45, 2.75) is 50.3 Å². The monoisotopic (exact) mass is 499 g/mol. The Labute approximate surface area is 194 Å². The zero-order valence-corrected chi connectivity index (χ0v) is 19.6. The van der Waals surface area contributed by atoms with Crippen molar-refractivity contribution in [1.82, 2.24) is 19.5 Å². The van der Waals surface area contributed by atoms with Gasteiger partial charge in [0.05, 0.1) is 11.4 Å². The number of aromatic nitrogens is 4. The molecule has 176 valence electrons. The fraction of sp³-hybridized carbons (Fsp3) is 0.381. The molecule has 3 heterocycles. The van der Waals surface area contributed by atoms with Crippen LogP contribution in [0.5, 0.6) is 0 Å². The number of benzene rings is 1. The molecule has 0 bridgehead atoms. The van der Waals surface area contributed by atoms with Crippen molar-refractivity contribution < 1.29 is 21.6 Å². The standard InChI is InChI=1S/C21H21ClF3N5O2S/c1-11(2)30-10-16(21(23,24)25)28-19(30)14-6-4-13(5-7-14)12(3)26-18-17-15(27-20(22)29-18)8-9-33(17,31)32/h4-7,10-12H,8-9H2,1-3H3,(H,26,27,29)/t12-/m1/s1. The summed E-state index contributed by atoms with van der Waals surface area (Å²) in [6, 6.07) is 6.29. The number of aryl methyl sites for hydroxylation is 1. The van der Waals surface area contributed by atoms with Gasteiger partial charge in [-0.3, -0.25) is 0 Å². The molecule has 1 aliphatic heterocycles. The van der Waals surface area contributed by atoms with E-state index in [0.29, 0.717) is 11.3 Å². The number of hydrogen-bond acceptors (Lipinski definition) is 6. The Morgan fingerprint density at radius 3 is 2.36 bits per heavy atom. The number of halogens is 4. The number of sulfone groups is 1. The summed E-state index contributed by atoms with van der Waals surface area (Å²) >= 11 is 5.97. The molecule has 0 fully saturated rings. The smallest absolute Gasteiger partial charge is 0.362 e. The lowest BCUT2D eigenvalue weighted by Gasteiger charge is -2.18. The van der Waals surface area contributed by atoms with Crippen LogP contribution in [-0.4, -0.2) is 33.7 Å². The van der Waals surface area contributed by atoms with Crippen molar-refractivity contribution in [2.24, 2.45) is 0 Å². The molecule has 1 N–H and O–H groups in total. The summed E-state index contributed by atoms with van der Waals surface area (Å²) in [6.07, 6.45) is -3.25. The van der Waals surface area contributed by atoms with Crippen molar-refractivity contribution in [2.75, 3.05) is 11.1 Å². The molecule has 1 aliphatic rings. The maximum Gasteiger partial charge on any atom is 0.434 e. The van der Waals surface area contributed by atoms with Crippen molar-refractivity contribution in [3.63, 3.8) is 0 Å². The highest BCUT2D eigenvalue weighted by atomic mass is 35.5. The van der Waals surface area contributed by atoms with Crippen LogP contribution in [0, 0.1) is 0 Å². The Morgan fingerprint density at radius 1 is 1.09 bits per heavy atom. The van der Waals surface area contributed by atoms with E-state index < -0.39 is 21.7 Å². The van der Waals surface area contributed by atoms with Crippen LogP contribution < -0.4 is 5.32 Å². The largest absolute Gasteiger partial charge is 0.434 e. The lowest BCUT2D eigenvalue weighted by molar-refractivity contribution is -0.140. The highest BCUT2D eigenvalue weighted by Crippen LogP contribution is 2.35. The predicted octanol–water partition coefficient (Wildman–Crippen LogP) is 5.10. The highest BCUT2D eigenvalue weighted by Gasteiger charge is 2.35. The molecular weight excluding hydrogens is 479 g/mol. The minimum absolute atomic E-state index is 0.0441. The third-order valence-electron chi connectivity index (χ3n) is 5.43. The number of rotatable bonds is 5. The van der Waals surface area contributed by atoms with Gasteiger partial charge < -0.3 is 9.88 Å². The molecule has 0 spiro atoms. The van der Waals surface area contributed by atoms with E-state index in [2.05, 4.69) is 20.3 Å². The lowest BCUT2D eigenvalue weighted by atomic mass is 10.1. The van der Waals surface area contributed by atoms with Gasteiger partial charge in [-0.15, -0.1) is 0 Å². The van der Waals surface area contributed by atoms with Crippen molar-refractivity contribution in [3.8, 4) is 11.4 Å². The maximum atomic E-state index is 13.2. The molecular formula is C21H21ClF3N5O2S. The minimum Gasteiger partial charge on any atom is -0.362 e. The van der Waals surface area contributed by atoms with Crippen LogP contribution in [0.2, 0.25) is 5.28 Å². The number of hydrogen-bond donors (Lipinski definition) is 1. The van der Waals surface area contributed by atoms with Crippen LogP contribution in [0.1, 0.15) is 49.8 Å². The van der Waals surface area contributed by atoms with Gasteiger partial charge in [-0.1, -0.05) is 24.3 Å². The first-order valence-electron chi connectivity index (χ1n) is 10.2. The molecule has 7 nitrogen and oxygen atoms in total. The molecule has 0 radical (unpaired) electrons. The number of anilines is 1. The van der Waals surface area contributed by atoms with Crippen LogP contribution in [0.15, 0.2) is 35.4 Å². The van der Waals surface area contributed by atoms with E-state index in [-0.39, 0.29) is 46.1 Å². The quantitative estimate of drug-likeness (QED) is 0.491. The van der Waals surface area contributed by atoms with Gasteiger partial charge in [0.1, 0.15) is 10.7 Å². The first-order chi connectivity index (χ1) is 15.4. The SMILES string of the molecule is CC(C)n1cc(C(F)(F)F)nc1-c1ccc([C@@H](C)Nc2nc(Cl)nc3c2S(=O)(=O)CC3)cc1. The fourth-order valence-electron chi connectivity index (χ4n) is 3.74.